The Morgan fingerprint density at radius 2 is 1.82 bits per heavy atom. The van der Waals surface area contributed by atoms with E-state index in [1.54, 1.807) is 9.25 Å². The fraction of sp³-hybridized carbons (Fsp3) is 0.550. The summed E-state index contributed by atoms with van der Waals surface area (Å²) in [5.41, 5.74) is 1.19. The van der Waals surface area contributed by atoms with E-state index in [4.69, 9.17) is 0 Å². The highest BCUT2D eigenvalue weighted by atomic mass is 16.2. The summed E-state index contributed by atoms with van der Waals surface area (Å²) in [5.74, 6) is 0.900. The van der Waals surface area contributed by atoms with E-state index in [0.717, 1.165) is 44.7 Å². The van der Waals surface area contributed by atoms with Crippen LogP contribution in [0, 0.1) is 0 Å². The molecule has 1 aromatic heterocycles. The predicted octanol–water partition coefficient (Wildman–Crippen LogP) is 1.30. The number of anilines is 1. The first-order chi connectivity index (χ1) is 13.7. The summed E-state index contributed by atoms with van der Waals surface area (Å²) in [6.07, 6.45) is 3.73. The Hall–Kier alpha value is -2.77. The molecule has 2 amide bonds. The van der Waals surface area contributed by atoms with Gasteiger partial charge in [-0.15, -0.1) is 0 Å². The zero-order valence-electron chi connectivity index (χ0n) is 16.2. The number of fused-ring (bicyclic) bond motifs is 1. The Morgan fingerprint density at radius 1 is 1.04 bits per heavy atom. The molecule has 2 aliphatic heterocycles. The molecule has 0 unspecified atom stereocenters. The van der Waals surface area contributed by atoms with Gasteiger partial charge in [-0.25, -0.2) is 14.3 Å². The van der Waals surface area contributed by atoms with Gasteiger partial charge in [0.2, 0.25) is 0 Å². The number of urea groups is 1. The normalized spacial score (nSPS) is 16.7. The average molecular weight is 384 g/mol. The maximum atomic E-state index is 12.4. The van der Waals surface area contributed by atoms with Crippen LogP contribution in [0.1, 0.15) is 25.1 Å². The first kappa shape index (κ1) is 18.6. The molecule has 1 aromatic carbocycles. The molecule has 1 fully saturated rings. The van der Waals surface area contributed by atoms with Crippen LogP contribution in [-0.4, -0.2) is 58.0 Å². The van der Waals surface area contributed by atoms with Gasteiger partial charge in [-0.1, -0.05) is 18.2 Å². The lowest BCUT2D eigenvalue weighted by atomic mass is 10.2. The largest absolute Gasteiger partial charge is 0.368 e. The second kappa shape index (κ2) is 8.50. The average Bonchev–Trinajstić information content (AvgIpc) is 3.07. The molecule has 150 valence electrons. The Kier molecular flexibility index (Phi) is 5.64. The second-order valence-electron chi connectivity index (χ2n) is 7.43. The molecule has 28 heavy (non-hydrogen) atoms. The van der Waals surface area contributed by atoms with E-state index in [2.05, 4.69) is 27.4 Å². The quantitative estimate of drug-likeness (QED) is 0.789. The van der Waals surface area contributed by atoms with Crippen LogP contribution in [0.4, 0.5) is 10.5 Å². The Balaban J connectivity index is 1.19. The molecule has 0 aliphatic carbocycles. The van der Waals surface area contributed by atoms with Crippen LogP contribution >= 0.6 is 0 Å². The van der Waals surface area contributed by atoms with Crippen molar-refractivity contribution in [3.8, 4) is 0 Å². The van der Waals surface area contributed by atoms with Gasteiger partial charge in [-0.3, -0.25) is 4.57 Å². The van der Waals surface area contributed by atoms with Gasteiger partial charge in [0.25, 0.3) is 0 Å². The molecule has 3 heterocycles. The molecular formula is C20H28N6O2. The number of hydrogen-bond acceptors (Lipinski definition) is 4. The molecule has 2 aliphatic rings. The van der Waals surface area contributed by atoms with Crippen LogP contribution in [0.2, 0.25) is 0 Å². The van der Waals surface area contributed by atoms with Crippen molar-refractivity contribution in [3.05, 3.63) is 46.6 Å². The van der Waals surface area contributed by atoms with E-state index in [-0.39, 0.29) is 11.7 Å². The molecular weight excluding hydrogens is 356 g/mol. The van der Waals surface area contributed by atoms with Crippen LogP contribution in [0.15, 0.2) is 35.1 Å². The fourth-order valence-electron chi connectivity index (χ4n) is 3.94. The van der Waals surface area contributed by atoms with Crippen LogP contribution < -0.4 is 15.9 Å². The number of hydrogen-bond donors (Lipinski definition) is 1. The van der Waals surface area contributed by atoms with Gasteiger partial charge in [-0.05, 0) is 31.4 Å². The number of nitrogens with one attached hydrogen (secondary N) is 1. The van der Waals surface area contributed by atoms with Gasteiger partial charge in [-0.2, -0.15) is 5.10 Å². The highest BCUT2D eigenvalue weighted by Crippen LogP contribution is 2.15. The molecule has 0 spiro atoms. The van der Waals surface area contributed by atoms with E-state index in [1.807, 2.05) is 23.1 Å². The maximum absolute atomic E-state index is 12.4. The number of aryl methyl sites for hydroxylation is 2. The van der Waals surface area contributed by atoms with Crippen LogP contribution in [0.3, 0.4) is 0 Å². The van der Waals surface area contributed by atoms with Crippen LogP contribution in [0.5, 0.6) is 0 Å². The van der Waals surface area contributed by atoms with Crippen molar-refractivity contribution >= 4 is 11.7 Å². The molecule has 8 nitrogen and oxygen atoms in total. The minimum atomic E-state index is -0.0239. The number of benzene rings is 1. The zero-order valence-corrected chi connectivity index (χ0v) is 16.2. The highest BCUT2D eigenvalue weighted by Gasteiger charge is 2.21. The first-order valence-electron chi connectivity index (χ1n) is 10.2. The minimum Gasteiger partial charge on any atom is -0.368 e. The standard InChI is InChI=1S/C20H28N6O2/c27-19(24-15-13-23(14-16-24)17-7-2-1-3-8-17)21-10-6-12-26-20(28)25-11-5-4-9-18(25)22-26/h1-3,7-8H,4-6,9-16H2,(H,21,27). The van der Waals surface area contributed by atoms with E-state index >= 15 is 0 Å². The number of carbonyl (C=O) groups is 1. The van der Waals surface area contributed by atoms with Crippen molar-refractivity contribution in [2.75, 3.05) is 37.6 Å². The Morgan fingerprint density at radius 3 is 2.57 bits per heavy atom. The molecule has 8 heteroatoms. The van der Waals surface area contributed by atoms with Gasteiger partial charge < -0.3 is 15.1 Å². The fourth-order valence-corrected chi connectivity index (χ4v) is 3.94. The summed E-state index contributed by atoms with van der Waals surface area (Å²) in [4.78, 5) is 28.9. The first-order valence-corrected chi connectivity index (χ1v) is 10.2. The van der Waals surface area contributed by atoms with Crippen molar-refractivity contribution < 1.29 is 4.79 Å². The number of nitrogens with zero attached hydrogens (tertiary/aromatic N) is 5. The van der Waals surface area contributed by atoms with E-state index in [0.29, 0.717) is 32.6 Å². The van der Waals surface area contributed by atoms with E-state index in [9.17, 15) is 9.59 Å². The Labute approximate surface area is 164 Å². The molecule has 2 aromatic rings. The lowest BCUT2D eigenvalue weighted by molar-refractivity contribution is 0.194. The maximum Gasteiger partial charge on any atom is 0.345 e. The minimum absolute atomic E-state index is 0.0157. The third-order valence-corrected chi connectivity index (χ3v) is 5.54. The van der Waals surface area contributed by atoms with Crippen LogP contribution in [-0.2, 0) is 19.5 Å². The van der Waals surface area contributed by atoms with Crippen molar-refractivity contribution in [1.82, 2.24) is 24.6 Å². The molecule has 1 saturated heterocycles. The third-order valence-electron chi connectivity index (χ3n) is 5.54. The van der Waals surface area contributed by atoms with Crippen molar-refractivity contribution in [1.29, 1.82) is 0 Å². The van der Waals surface area contributed by atoms with Gasteiger partial charge in [0.05, 0.1) is 0 Å². The number of piperazine rings is 1. The summed E-state index contributed by atoms with van der Waals surface area (Å²) < 4.78 is 3.33. The second-order valence-corrected chi connectivity index (χ2v) is 7.43. The summed E-state index contributed by atoms with van der Waals surface area (Å²) >= 11 is 0. The number of para-hydroxylation sites is 1. The highest BCUT2D eigenvalue weighted by molar-refractivity contribution is 5.74. The third kappa shape index (κ3) is 4.05. The van der Waals surface area contributed by atoms with Crippen molar-refractivity contribution in [2.24, 2.45) is 0 Å². The molecule has 0 saturated carbocycles. The van der Waals surface area contributed by atoms with Crippen LogP contribution in [0.25, 0.3) is 0 Å². The summed E-state index contributed by atoms with van der Waals surface area (Å²) in [5, 5.41) is 7.41. The van der Waals surface area contributed by atoms with Crippen molar-refractivity contribution in [3.63, 3.8) is 0 Å². The number of amides is 2. The van der Waals surface area contributed by atoms with Gasteiger partial charge in [0.1, 0.15) is 5.82 Å². The van der Waals surface area contributed by atoms with Gasteiger partial charge in [0, 0.05) is 57.9 Å². The molecule has 0 atom stereocenters. The number of carbonyl (C=O) groups excluding carboxylic acids is 1. The molecule has 4 rings (SSSR count). The van der Waals surface area contributed by atoms with E-state index < -0.39 is 0 Å². The topological polar surface area (TPSA) is 75.4 Å². The number of rotatable bonds is 5. The predicted molar refractivity (Wildman–Crippen MR) is 108 cm³/mol. The number of aromatic nitrogens is 3. The van der Waals surface area contributed by atoms with E-state index in [1.165, 1.54) is 5.69 Å². The van der Waals surface area contributed by atoms with Gasteiger partial charge >= 0.3 is 11.7 Å². The molecule has 1 N–H and O–H groups in total. The molecule has 0 bridgehead atoms. The summed E-state index contributed by atoms with van der Waals surface area (Å²) in [7, 11) is 0. The lowest BCUT2D eigenvalue weighted by Crippen LogP contribution is -2.52. The smallest absolute Gasteiger partial charge is 0.345 e. The summed E-state index contributed by atoms with van der Waals surface area (Å²) in [6, 6.07) is 10.3. The molecule has 0 radical (unpaired) electrons. The zero-order chi connectivity index (χ0) is 19.3. The monoisotopic (exact) mass is 384 g/mol. The Bertz CT molecular complexity index is 851. The van der Waals surface area contributed by atoms with Crippen molar-refractivity contribution in [2.45, 2.75) is 38.8 Å². The lowest BCUT2D eigenvalue weighted by Gasteiger charge is -2.36. The summed E-state index contributed by atoms with van der Waals surface area (Å²) in [6.45, 7) is 4.98. The SMILES string of the molecule is O=C(NCCCn1nc2n(c1=O)CCCC2)N1CCN(c2ccccc2)CC1. The van der Waals surface area contributed by atoms with Gasteiger partial charge in [0.15, 0.2) is 0 Å².